The van der Waals surface area contributed by atoms with Gasteiger partial charge in [-0.1, -0.05) is 0 Å². The zero-order valence-electron chi connectivity index (χ0n) is 11.7. The Morgan fingerprint density at radius 1 is 1.43 bits per heavy atom. The van der Waals surface area contributed by atoms with Crippen LogP contribution in [0.1, 0.15) is 6.42 Å². The molecule has 0 spiro atoms. The third-order valence-corrected chi connectivity index (χ3v) is 5.22. The van der Waals surface area contributed by atoms with Crippen LogP contribution in [0.15, 0.2) is 42.1 Å². The van der Waals surface area contributed by atoms with E-state index >= 15 is 0 Å². The summed E-state index contributed by atoms with van der Waals surface area (Å²) in [5.74, 6) is 0. The Labute approximate surface area is 123 Å². The Bertz CT molecular complexity index is 713. The van der Waals surface area contributed by atoms with Crippen molar-refractivity contribution >= 4 is 15.7 Å². The maximum Gasteiger partial charge on any atom is 0.262 e. The molecule has 3 heterocycles. The maximum atomic E-state index is 12.5. The van der Waals surface area contributed by atoms with Crippen LogP contribution in [-0.4, -0.2) is 46.4 Å². The first-order valence-corrected chi connectivity index (χ1v) is 8.14. The average molecular weight is 307 g/mol. The molecule has 2 aromatic heterocycles. The average Bonchev–Trinajstić information content (AvgIpc) is 3.10. The van der Waals surface area contributed by atoms with E-state index in [4.69, 9.17) is 0 Å². The highest BCUT2D eigenvalue weighted by Gasteiger charge is 2.33. The van der Waals surface area contributed by atoms with Crippen molar-refractivity contribution in [1.82, 2.24) is 18.8 Å². The van der Waals surface area contributed by atoms with Gasteiger partial charge >= 0.3 is 0 Å². The number of nitrogens with one attached hydrogen (secondary N) is 1. The van der Waals surface area contributed by atoms with Crippen molar-refractivity contribution in [2.24, 2.45) is 7.05 Å². The minimum atomic E-state index is -3.50. The van der Waals surface area contributed by atoms with E-state index in [-0.39, 0.29) is 11.1 Å². The van der Waals surface area contributed by atoms with Gasteiger partial charge in [0, 0.05) is 44.8 Å². The van der Waals surface area contributed by atoms with Crippen molar-refractivity contribution in [3.8, 4) is 0 Å². The number of aromatic nitrogens is 3. The topological polar surface area (TPSA) is 80.1 Å². The lowest BCUT2D eigenvalue weighted by atomic mass is 10.2. The van der Waals surface area contributed by atoms with Crippen LogP contribution in [0.3, 0.4) is 0 Å². The predicted octanol–water partition coefficient (Wildman–Crippen LogP) is 0.690. The van der Waals surface area contributed by atoms with Crippen molar-refractivity contribution in [3.63, 3.8) is 0 Å². The first kappa shape index (κ1) is 14.0. The molecule has 1 fully saturated rings. The highest BCUT2D eigenvalue weighted by Crippen LogP contribution is 2.21. The van der Waals surface area contributed by atoms with Gasteiger partial charge in [-0.25, -0.2) is 13.4 Å². The summed E-state index contributed by atoms with van der Waals surface area (Å²) in [7, 11) is -1.74. The second kappa shape index (κ2) is 5.45. The van der Waals surface area contributed by atoms with E-state index in [0.29, 0.717) is 13.1 Å². The van der Waals surface area contributed by atoms with Gasteiger partial charge in [-0.3, -0.25) is 4.98 Å². The molecule has 112 valence electrons. The molecule has 1 atom stereocenters. The maximum absolute atomic E-state index is 12.5. The van der Waals surface area contributed by atoms with E-state index in [1.165, 1.54) is 16.8 Å². The van der Waals surface area contributed by atoms with Crippen molar-refractivity contribution in [2.75, 3.05) is 18.4 Å². The molecule has 0 saturated carbocycles. The number of anilines is 1. The number of hydrogen-bond acceptors (Lipinski definition) is 5. The van der Waals surface area contributed by atoms with Crippen molar-refractivity contribution in [2.45, 2.75) is 17.5 Å². The van der Waals surface area contributed by atoms with Crippen LogP contribution in [-0.2, 0) is 17.1 Å². The molecule has 0 amide bonds. The molecule has 1 N–H and O–H groups in total. The molecule has 3 rings (SSSR count). The zero-order chi connectivity index (χ0) is 14.9. The van der Waals surface area contributed by atoms with Gasteiger partial charge in [0.25, 0.3) is 10.0 Å². The Kier molecular flexibility index (Phi) is 3.64. The minimum Gasteiger partial charge on any atom is -0.380 e. The van der Waals surface area contributed by atoms with Crippen molar-refractivity contribution in [3.05, 3.63) is 37.1 Å². The molecule has 0 radical (unpaired) electrons. The first-order chi connectivity index (χ1) is 10.1. The fraction of sp³-hybridized carbons (Fsp3) is 0.385. The van der Waals surface area contributed by atoms with Gasteiger partial charge < -0.3 is 9.88 Å². The lowest BCUT2D eigenvalue weighted by molar-refractivity contribution is 0.472. The third kappa shape index (κ3) is 2.91. The fourth-order valence-electron chi connectivity index (χ4n) is 2.40. The van der Waals surface area contributed by atoms with Crippen LogP contribution in [0.5, 0.6) is 0 Å². The number of pyridine rings is 1. The SMILES string of the molecule is Cn1cnc(S(=O)(=O)N2CC[C@@H](Nc3cccnc3)C2)c1. The van der Waals surface area contributed by atoms with Crippen LogP contribution in [0.2, 0.25) is 0 Å². The van der Waals surface area contributed by atoms with Crippen LogP contribution in [0.4, 0.5) is 5.69 Å². The number of hydrogen-bond donors (Lipinski definition) is 1. The van der Waals surface area contributed by atoms with Crippen LogP contribution in [0, 0.1) is 0 Å². The standard InChI is InChI=1S/C13H17N5O2S/c1-17-9-13(15-10-17)21(19,20)18-6-4-12(8-18)16-11-3-2-5-14-7-11/h2-3,5,7,9-10,12,16H,4,6,8H2,1H3/t12-/m1/s1. The van der Waals surface area contributed by atoms with Gasteiger partial charge in [0.1, 0.15) is 0 Å². The highest BCUT2D eigenvalue weighted by atomic mass is 32.2. The monoisotopic (exact) mass is 307 g/mol. The molecule has 1 aliphatic heterocycles. The number of rotatable bonds is 4. The van der Waals surface area contributed by atoms with Gasteiger partial charge in [-0.2, -0.15) is 4.31 Å². The lowest BCUT2D eigenvalue weighted by Gasteiger charge is -2.16. The highest BCUT2D eigenvalue weighted by molar-refractivity contribution is 7.89. The summed E-state index contributed by atoms with van der Waals surface area (Å²) in [6.45, 7) is 0.935. The number of nitrogens with zero attached hydrogens (tertiary/aromatic N) is 4. The Balaban J connectivity index is 1.69. The molecule has 1 aliphatic rings. The summed E-state index contributed by atoms with van der Waals surface area (Å²) >= 11 is 0. The molecule has 21 heavy (non-hydrogen) atoms. The number of imidazole rings is 1. The molecule has 7 nitrogen and oxygen atoms in total. The summed E-state index contributed by atoms with van der Waals surface area (Å²) in [4.78, 5) is 7.98. The molecule has 8 heteroatoms. The molecular weight excluding hydrogens is 290 g/mol. The summed E-state index contributed by atoms with van der Waals surface area (Å²) in [5, 5.41) is 3.41. The van der Waals surface area contributed by atoms with E-state index in [2.05, 4.69) is 15.3 Å². The van der Waals surface area contributed by atoms with Crippen molar-refractivity contribution < 1.29 is 8.42 Å². The normalized spacial score (nSPS) is 19.8. The summed E-state index contributed by atoms with van der Waals surface area (Å²) in [6.07, 6.45) is 7.22. The van der Waals surface area contributed by atoms with E-state index in [0.717, 1.165) is 12.1 Å². The second-order valence-electron chi connectivity index (χ2n) is 5.11. The molecule has 0 bridgehead atoms. The predicted molar refractivity (Wildman–Crippen MR) is 78.2 cm³/mol. The summed E-state index contributed by atoms with van der Waals surface area (Å²) in [6, 6.07) is 3.86. The van der Waals surface area contributed by atoms with E-state index in [1.807, 2.05) is 12.1 Å². The summed E-state index contributed by atoms with van der Waals surface area (Å²) < 4.78 is 28.0. The fourth-order valence-corrected chi connectivity index (χ4v) is 3.87. The third-order valence-electron chi connectivity index (χ3n) is 3.47. The molecule has 0 unspecified atom stereocenters. The number of aryl methyl sites for hydroxylation is 1. The molecular formula is C13H17N5O2S. The Morgan fingerprint density at radius 3 is 2.95 bits per heavy atom. The van der Waals surface area contributed by atoms with Crippen LogP contribution < -0.4 is 5.32 Å². The second-order valence-corrected chi connectivity index (χ2v) is 7.00. The molecule has 2 aromatic rings. The van der Waals surface area contributed by atoms with E-state index < -0.39 is 10.0 Å². The van der Waals surface area contributed by atoms with Gasteiger partial charge in [0.2, 0.25) is 0 Å². The van der Waals surface area contributed by atoms with Gasteiger partial charge in [-0.15, -0.1) is 0 Å². The Hall–Kier alpha value is -1.93. The minimum absolute atomic E-state index is 0.0905. The van der Waals surface area contributed by atoms with Gasteiger partial charge in [0.15, 0.2) is 5.03 Å². The molecule has 0 aromatic carbocycles. The van der Waals surface area contributed by atoms with E-state index in [9.17, 15) is 8.42 Å². The Morgan fingerprint density at radius 2 is 2.29 bits per heavy atom. The van der Waals surface area contributed by atoms with Crippen molar-refractivity contribution in [1.29, 1.82) is 0 Å². The van der Waals surface area contributed by atoms with Gasteiger partial charge in [0.05, 0.1) is 12.0 Å². The zero-order valence-corrected chi connectivity index (χ0v) is 12.5. The summed E-state index contributed by atoms with van der Waals surface area (Å²) in [5.41, 5.74) is 0.902. The smallest absolute Gasteiger partial charge is 0.262 e. The largest absolute Gasteiger partial charge is 0.380 e. The molecule has 0 aliphatic carbocycles. The van der Waals surface area contributed by atoms with E-state index in [1.54, 1.807) is 24.0 Å². The lowest BCUT2D eigenvalue weighted by Crippen LogP contribution is -2.31. The van der Waals surface area contributed by atoms with Gasteiger partial charge in [-0.05, 0) is 18.6 Å². The van der Waals surface area contributed by atoms with Crippen LogP contribution >= 0.6 is 0 Å². The molecule has 1 saturated heterocycles. The number of sulfonamides is 1. The van der Waals surface area contributed by atoms with Crippen LogP contribution in [0.25, 0.3) is 0 Å². The first-order valence-electron chi connectivity index (χ1n) is 6.70. The quantitative estimate of drug-likeness (QED) is 0.899.